The fourth-order valence-electron chi connectivity index (χ4n) is 4.70. The van der Waals surface area contributed by atoms with E-state index < -0.39 is 47.9 Å². The number of carboxylic acid groups (broad SMARTS) is 1. The first-order valence-electron chi connectivity index (χ1n) is 13.0. The standard InChI is InChI=1S/C27H39N5O5/c1-5-16(4)23(26(35)32-12-8-11-21(32)27(36)37)31-24(33)20(30-25(34)22(28)15(2)3)13-17-14-29-19-10-7-6-9-18(17)19/h6-7,9-10,14-16,20-23,29H,5,8,11-13,28H2,1-4H3,(H,30,34)(H,31,33)(H,36,37). The van der Waals surface area contributed by atoms with Crippen LogP contribution < -0.4 is 16.4 Å². The Labute approximate surface area is 217 Å². The maximum atomic E-state index is 13.6. The monoisotopic (exact) mass is 513 g/mol. The molecule has 1 aromatic carbocycles. The Kier molecular flexibility index (Phi) is 9.31. The van der Waals surface area contributed by atoms with Gasteiger partial charge in [0.2, 0.25) is 17.7 Å². The molecule has 2 heterocycles. The largest absolute Gasteiger partial charge is 0.480 e. The molecule has 0 bridgehead atoms. The number of carbonyl (C=O) groups excluding carboxylic acids is 3. The summed E-state index contributed by atoms with van der Waals surface area (Å²) in [5.41, 5.74) is 7.80. The van der Waals surface area contributed by atoms with Crippen LogP contribution in [0.5, 0.6) is 0 Å². The van der Waals surface area contributed by atoms with E-state index in [2.05, 4.69) is 15.6 Å². The SMILES string of the molecule is CCC(C)C(NC(=O)C(Cc1c[nH]c2ccccc12)NC(=O)C(N)C(C)C)C(=O)N1CCCC1C(=O)O. The summed E-state index contributed by atoms with van der Waals surface area (Å²) in [5.74, 6) is -2.80. The zero-order valence-corrected chi connectivity index (χ0v) is 22.0. The van der Waals surface area contributed by atoms with E-state index in [1.54, 1.807) is 6.20 Å². The molecule has 1 aliphatic rings. The first-order valence-corrected chi connectivity index (χ1v) is 13.0. The van der Waals surface area contributed by atoms with Crippen molar-refractivity contribution in [1.29, 1.82) is 0 Å². The lowest BCUT2D eigenvalue weighted by Gasteiger charge is -2.31. The van der Waals surface area contributed by atoms with E-state index >= 15 is 0 Å². The van der Waals surface area contributed by atoms with Crippen LogP contribution in [0.15, 0.2) is 30.5 Å². The van der Waals surface area contributed by atoms with Gasteiger partial charge in [-0.2, -0.15) is 0 Å². The molecule has 10 heteroatoms. The molecule has 0 spiro atoms. The molecule has 10 nitrogen and oxygen atoms in total. The number of nitrogens with one attached hydrogen (secondary N) is 3. The Bertz CT molecular complexity index is 1130. The zero-order chi connectivity index (χ0) is 27.3. The van der Waals surface area contributed by atoms with Gasteiger partial charge in [-0.05, 0) is 36.3 Å². The number of aromatic nitrogens is 1. The number of H-pyrrole nitrogens is 1. The van der Waals surface area contributed by atoms with Crippen molar-refractivity contribution in [2.45, 2.75) is 77.5 Å². The number of rotatable bonds is 11. The van der Waals surface area contributed by atoms with Gasteiger partial charge in [0.25, 0.3) is 0 Å². The summed E-state index contributed by atoms with van der Waals surface area (Å²) >= 11 is 0. The summed E-state index contributed by atoms with van der Waals surface area (Å²) in [6.45, 7) is 7.73. The number of hydrogen-bond acceptors (Lipinski definition) is 5. The van der Waals surface area contributed by atoms with Crippen molar-refractivity contribution < 1.29 is 24.3 Å². The average Bonchev–Trinajstić information content (AvgIpc) is 3.53. The van der Waals surface area contributed by atoms with Crippen LogP contribution in [0.4, 0.5) is 0 Å². The number of nitrogens with zero attached hydrogens (tertiary/aromatic N) is 1. The predicted octanol–water partition coefficient (Wildman–Crippen LogP) is 1.79. The van der Waals surface area contributed by atoms with Gasteiger partial charge in [-0.25, -0.2) is 4.79 Å². The first-order chi connectivity index (χ1) is 17.5. The molecule has 0 saturated carbocycles. The minimum atomic E-state index is -1.05. The zero-order valence-electron chi connectivity index (χ0n) is 22.0. The number of para-hydroxylation sites is 1. The van der Waals surface area contributed by atoms with Crippen molar-refractivity contribution in [3.8, 4) is 0 Å². The number of nitrogens with two attached hydrogens (primary N) is 1. The van der Waals surface area contributed by atoms with Crippen LogP contribution in [0, 0.1) is 11.8 Å². The topological polar surface area (TPSA) is 158 Å². The third-order valence-electron chi connectivity index (χ3n) is 7.35. The summed E-state index contributed by atoms with van der Waals surface area (Å²) in [4.78, 5) is 56.2. The Morgan fingerprint density at radius 3 is 2.49 bits per heavy atom. The number of fused-ring (bicyclic) bond motifs is 1. The number of aromatic amines is 1. The van der Waals surface area contributed by atoms with Gasteiger partial charge in [-0.3, -0.25) is 14.4 Å². The molecular weight excluding hydrogens is 474 g/mol. The van der Waals surface area contributed by atoms with Crippen molar-refractivity contribution in [3.05, 3.63) is 36.0 Å². The van der Waals surface area contributed by atoms with Crippen LogP contribution >= 0.6 is 0 Å². The number of amides is 3. The molecule has 1 fully saturated rings. The summed E-state index contributed by atoms with van der Waals surface area (Å²) in [7, 11) is 0. The van der Waals surface area contributed by atoms with Gasteiger partial charge in [0.15, 0.2) is 0 Å². The van der Waals surface area contributed by atoms with Crippen LogP contribution in [-0.4, -0.2) is 69.4 Å². The molecule has 6 N–H and O–H groups in total. The van der Waals surface area contributed by atoms with E-state index in [4.69, 9.17) is 5.73 Å². The minimum Gasteiger partial charge on any atom is -0.480 e. The van der Waals surface area contributed by atoms with Gasteiger partial charge in [-0.1, -0.05) is 52.3 Å². The minimum absolute atomic E-state index is 0.130. The number of likely N-dealkylation sites (tertiary alicyclic amines) is 1. The first kappa shape index (κ1) is 28.2. The van der Waals surface area contributed by atoms with Crippen LogP contribution in [0.25, 0.3) is 10.9 Å². The lowest BCUT2D eigenvalue weighted by atomic mass is 9.96. The van der Waals surface area contributed by atoms with Gasteiger partial charge in [-0.15, -0.1) is 0 Å². The fraction of sp³-hybridized carbons (Fsp3) is 0.556. The third-order valence-corrected chi connectivity index (χ3v) is 7.35. The molecule has 37 heavy (non-hydrogen) atoms. The van der Waals surface area contributed by atoms with E-state index in [1.165, 1.54) is 4.90 Å². The number of benzene rings is 1. The maximum Gasteiger partial charge on any atom is 0.326 e. The highest BCUT2D eigenvalue weighted by molar-refractivity contribution is 5.95. The predicted molar refractivity (Wildman–Crippen MR) is 141 cm³/mol. The van der Waals surface area contributed by atoms with Crippen molar-refractivity contribution in [2.24, 2.45) is 17.6 Å². The molecule has 0 aliphatic carbocycles. The molecule has 1 aromatic heterocycles. The molecule has 3 rings (SSSR count). The van der Waals surface area contributed by atoms with Gasteiger partial charge in [0.05, 0.1) is 6.04 Å². The maximum absolute atomic E-state index is 13.6. The van der Waals surface area contributed by atoms with Gasteiger partial charge in [0, 0.05) is 30.1 Å². The van der Waals surface area contributed by atoms with Crippen LogP contribution in [0.3, 0.4) is 0 Å². The second-order valence-electron chi connectivity index (χ2n) is 10.3. The third kappa shape index (κ3) is 6.49. The molecule has 1 saturated heterocycles. The van der Waals surface area contributed by atoms with Crippen LogP contribution in [0.2, 0.25) is 0 Å². The Balaban J connectivity index is 1.87. The van der Waals surface area contributed by atoms with Crippen molar-refractivity contribution >= 4 is 34.6 Å². The number of carbonyl (C=O) groups is 4. The summed E-state index contributed by atoms with van der Waals surface area (Å²) in [5, 5.41) is 16.1. The quantitative estimate of drug-likeness (QED) is 0.308. The number of aliphatic carboxylic acids is 1. The average molecular weight is 514 g/mol. The van der Waals surface area contributed by atoms with E-state index in [9.17, 15) is 24.3 Å². The fourth-order valence-corrected chi connectivity index (χ4v) is 4.70. The second-order valence-corrected chi connectivity index (χ2v) is 10.3. The van der Waals surface area contributed by atoms with E-state index in [1.807, 2.05) is 52.0 Å². The van der Waals surface area contributed by atoms with E-state index in [0.29, 0.717) is 25.8 Å². The number of carboxylic acids is 1. The lowest BCUT2D eigenvalue weighted by Crippen LogP contribution is -2.59. The summed E-state index contributed by atoms with van der Waals surface area (Å²) in [6, 6.07) is 4.06. The van der Waals surface area contributed by atoms with E-state index in [-0.39, 0.29) is 18.3 Å². The van der Waals surface area contributed by atoms with Crippen LogP contribution in [-0.2, 0) is 25.6 Å². The molecule has 5 unspecified atom stereocenters. The highest BCUT2D eigenvalue weighted by atomic mass is 16.4. The van der Waals surface area contributed by atoms with Crippen molar-refractivity contribution in [1.82, 2.24) is 20.5 Å². The highest BCUT2D eigenvalue weighted by Gasteiger charge is 2.40. The van der Waals surface area contributed by atoms with Crippen LogP contribution in [0.1, 0.15) is 52.5 Å². The Hall–Kier alpha value is -3.40. The molecule has 3 amide bonds. The lowest BCUT2D eigenvalue weighted by molar-refractivity contribution is -0.150. The van der Waals surface area contributed by atoms with Crippen molar-refractivity contribution in [2.75, 3.05) is 6.54 Å². The van der Waals surface area contributed by atoms with Gasteiger partial charge >= 0.3 is 5.97 Å². The molecule has 1 aliphatic heterocycles. The number of hydrogen-bond donors (Lipinski definition) is 5. The molecular formula is C27H39N5O5. The molecule has 0 radical (unpaired) electrons. The molecule has 2 aromatic rings. The normalized spacial score (nSPS) is 18.9. The Morgan fingerprint density at radius 2 is 1.84 bits per heavy atom. The van der Waals surface area contributed by atoms with Gasteiger partial charge < -0.3 is 31.4 Å². The second kappa shape index (κ2) is 12.2. The summed E-state index contributed by atoms with van der Waals surface area (Å²) in [6.07, 6.45) is 3.57. The summed E-state index contributed by atoms with van der Waals surface area (Å²) < 4.78 is 0. The highest BCUT2D eigenvalue weighted by Crippen LogP contribution is 2.22. The smallest absolute Gasteiger partial charge is 0.326 e. The van der Waals surface area contributed by atoms with E-state index in [0.717, 1.165) is 16.5 Å². The molecule has 202 valence electrons. The Morgan fingerprint density at radius 1 is 1.14 bits per heavy atom. The van der Waals surface area contributed by atoms with Crippen molar-refractivity contribution in [3.63, 3.8) is 0 Å². The molecule has 5 atom stereocenters. The van der Waals surface area contributed by atoms with Gasteiger partial charge in [0.1, 0.15) is 18.1 Å².